The molecule has 1 aliphatic heterocycles. The summed E-state index contributed by atoms with van der Waals surface area (Å²) in [7, 11) is 0. The number of carbonyl (C=O) groups excluding carboxylic acids is 2. The number of amides is 2. The number of benzene rings is 2. The van der Waals surface area contributed by atoms with Gasteiger partial charge in [-0.25, -0.2) is 9.59 Å². The maximum Gasteiger partial charge on any atom is 0.410 e. The number of piperazine rings is 1. The number of aromatic nitrogens is 2. The number of nitrogens with one attached hydrogen (secondary N) is 1. The van der Waals surface area contributed by atoms with Gasteiger partial charge in [0.1, 0.15) is 11.3 Å². The Morgan fingerprint density at radius 1 is 0.878 bits per heavy atom. The van der Waals surface area contributed by atoms with Gasteiger partial charge in [-0.1, -0.05) is 73.5 Å². The van der Waals surface area contributed by atoms with Crippen molar-refractivity contribution in [1.29, 1.82) is 0 Å². The first-order valence-corrected chi connectivity index (χ1v) is 14.5. The van der Waals surface area contributed by atoms with Gasteiger partial charge in [-0.05, 0) is 39.2 Å². The molecule has 3 aromatic rings. The van der Waals surface area contributed by atoms with Crippen molar-refractivity contribution in [2.45, 2.75) is 70.8 Å². The highest BCUT2D eigenvalue weighted by Crippen LogP contribution is 2.35. The van der Waals surface area contributed by atoms with Gasteiger partial charge >= 0.3 is 11.8 Å². The lowest BCUT2D eigenvalue weighted by atomic mass is 9.91. The molecule has 218 valence electrons. The Bertz CT molecular complexity index is 1380. The highest BCUT2D eigenvalue weighted by Gasteiger charge is 2.35. The zero-order valence-corrected chi connectivity index (χ0v) is 24.2. The molecule has 1 N–H and O–H groups in total. The molecule has 9 heteroatoms. The fourth-order valence-corrected chi connectivity index (χ4v) is 5.72. The maximum atomic E-state index is 13.9. The van der Waals surface area contributed by atoms with Crippen molar-refractivity contribution in [1.82, 2.24) is 19.4 Å². The summed E-state index contributed by atoms with van der Waals surface area (Å²) in [5.74, 6) is -0.249. The Kier molecular flexibility index (Phi) is 8.63. The van der Waals surface area contributed by atoms with E-state index in [1.54, 1.807) is 14.4 Å². The summed E-state index contributed by atoms with van der Waals surface area (Å²) in [5.41, 5.74) is 1.87. The van der Waals surface area contributed by atoms with E-state index in [1.165, 1.54) is 0 Å². The van der Waals surface area contributed by atoms with E-state index in [9.17, 15) is 14.4 Å². The predicted molar refractivity (Wildman–Crippen MR) is 157 cm³/mol. The molecule has 9 nitrogen and oxygen atoms in total. The highest BCUT2D eigenvalue weighted by atomic mass is 16.6. The van der Waals surface area contributed by atoms with Gasteiger partial charge in [0.15, 0.2) is 0 Å². The molecule has 1 aromatic heterocycles. The van der Waals surface area contributed by atoms with Crippen LogP contribution in [0.3, 0.4) is 0 Å². The second-order valence-corrected chi connectivity index (χ2v) is 11.8. The molecule has 41 heavy (non-hydrogen) atoms. The average molecular weight is 561 g/mol. The molecule has 2 aliphatic rings. The van der Waals surface area contributed by atoms with E-state index in [2.05, 4.69) is 4.98 Å². The van der Waals surface area contributed by atoms with Crippen molar-refractivity contribution < 1.29 is 19.1 Å². The second-order valence-electron chi connectivity index (χ2n) is 11.8. The standard InChI is InChI=1S/C32H40N4O5/c1-32(2,3)41-31(39)35-20-18-34(19-21-35)29(37)27-28(24-14-8-5-9-15-24)36(30(38)33-27)25-16-10-11-17-26(25)40-22-23-12-6-4-7-13-23/h4-9,12-15,25-26H,10-11,16-22H2,1-3H3,(H,33,38)/t25-,26-/m1/s1. The summed E-state index contributed by atoms with van der Waals surface area (Å²) >= 11 is 0. The van der Waals surface area contributed by atoms with E-state index in [4.69, 9.17) is 9.47 Å². The van der Waals surface area contributed by atoms with Crippen LogP contribution in [0.25, 0.3) is 11.3 Å². The first-order valence-electron chi connectivity index (χ1n) is 14.5. The average Bonchev–Trinajstić information content (AvgIpc) is 3.32. The number of rotatable bonds is 6. The van der Waals surface area contributed by atoms with Gasteiger partial charge in [-0.2, -0.15) is 0 Å². The van der Waals surface area contributed by atoms with Crippen LogP contribution in [0.2, 0.25) is 0 Å². The number of hydrogen-bond acceptors (Lipinski definition) is 5. The van der Waals surface area contributed by atoms with E-state index in [0.717, 1.165) is 36.8 Å². The fraction of sp³-hybridized carbons (Fsp3) is 0.469. The van der Waals surface area contributed by atoms with Gasteiger partial charge in [0, 0.05) is 31.7 Å². The SMILES string of the molecule is CC(C)(C)OC(=O)N1CCN(C(=O)c2[nH]c(=O)n([C@@H]3CCCC[C@H]3OCc3ccccc3)c2-c2ccccc2)CC1. The Morgan fingerprint density at radius 3 is 2.15 bits per heavy atom. The lowest BCUT2D eigenvalue weighted by Gasteiger charge is -2.35. The maximum absolute atomic E-state index is 13.9. The first-order chi connectivity index (χ1) is 19.7. The lowest BCUT2D eigenvalue weighted by Crippen LogP contribution is -2.51. The van der Waals surface area contributed by atoms with Crippen LogP contribution in [-0.4, -0.2) is 69.2 Å². The minimum Gasteiger partial charge on any atom is -0.444 e. The third kappa shape index (κ3) is 6.73. The molecule has 2 atom stereocenters. The van der Waals surface area contributed by atoms with Gasteiger partial charge < -0.3 is 24.3 Å². The summed E-state index contributed by atoms with van der Waals surface area (Å²) in [5, 5.41) is 0. The molecule has 2 heterocycles. The summed E-state index contributed by atoms with van der Waals surface area (Å²) in [6, 6.07) is 19.4. The number of nitrogens with zero attached hydrogens (tertiary/aromatic N) is 3. The summed E-state index contributed by atoms with van der Waals surface area (Å²) < 4.78 is 13.7. The number of H-pyrrole nitrogens is 1. The molecule has 2 amide bonds. The van der Waals surface area contributed by atoms with Gasteiger partial charge in [-0.3, -0.25) is 9.36 Å². The third-order valence-corrected chi connectivity index (χ3v) is 7.71. The van der Waals surface area contributed by atoms with Crippen LogP contribution in [0.15, 0.2) is 65.5 Å². The van der Waals surface area contributed by atoms with Crippen LogP contribution in [0, 0.1) is 0 Å². The summed E-state index contributed by atoms with van der Waals surface area (Å²) in [6.45, 7) is 7.41. The minimum atomic E-state index is -0.585. The number of aromatic amines is 1. The van der Waals surface area contributed by atoms with Crippen LogP contribution in [0.1, 0.15) is 68.5 Å². The minimum absolute atomic E-state index is 0.153. The molecule has 2 aromatic carbocycles. The monoisotopic (exact) mass is 560 g/mol. The van der Waals surface area contributed by atoms with Crippen molar-refractivity contribution in [3.8, 4) is 11.3 Å². The number of hydrogen-bond donors (Lipinski definition) is 1. The number of carbonyl (C=O) groups is 2. The van der Waals surface area contributed by atoms with Crippen molar-refractivity contribution >= 4 is 12.0 Å². The van der Waals surface area contributed by atoms with Gasteiger partial charge in [-0.15, -0.1) is 0 Å². The Labute approximate surface area is 241 Å². The van der Waals surface area contributed by atoms with E-state index in [1.807, 2.05) is 81.4 Å². The Morgan fingerprint density at radius 2 is 1.49 bits per heavy atom. The zero-order valence-electron chi connectivity index (χ0n) is 24.2. The van der Waals surface area contributed by atoms with E-state index < -0.39 is 5.60 Å². The molecule has 1 saturated heterocycles. The van der Waals surface area contributed by atoms with Crippen molar-refractivity contribution in [3.63, 3.8) is 0 Å². The molecule has 1 aliphatic carbocycles. The molecule has 0 unspecified atom stereocenters. The van der Waals surface area contributed by atoms with Gasteiger partial charge in [0.05, 0.1) is 24.4 Å². The summed E-state index contributed by atoms with van der Waals surface area (Å²) in [4.78, 5) is 46.3. The van der Waals surface area contributed by atoms with Gasteiger partial charge in [0.2, 0.25) is 0 Å². The van der Waals surface area contributed by atoms with Crippen LogP contribution in [0.5, 0.6) is 0 Å². The van der Waals surface area contributed by atoms with Gasteiger partial charge in [0.25, 0.3) is 5.91 Å². The molecular formula is C32H40N4O5. The van der Waals surface area contributed by atoms with E-state index in [0.29, 0.717) is 38.5 Å². The lowest BCUT2D eigenvalue weighted by molar-refractivity contribution is -0.0167. The quantitative estimate of drug-likeness (QED) is 0.445. The molecule has 0 bridgehead atoms. The van der Waals surface area contributed by atoms with Crippen LogP contribution < -0.4 is 5.69 Å². The second kappa shape index (κ2) is 12.3. The van der Waals surface area contributed by atoms with Crippen molar-refractivity contribution in [3.05, 3.63) is 82.4 Å². The van der Waals surface area contributed by atoms with Crippen molar-refractivity contribution in [2.24, 2.45) is 0 Å². The smallest absolute Gasteiger partial charge is 0.410 e. The molecule has 1 saturated carbocycles. The highest BCUT2D eigenvalue weighted by molar-refractivity contribution is 5.98. The fourth-order valence-electron chi connectivity index (χ4n) is 5.72. The van der Waals surface area contributed by atoms with Crippen LogP contribution in [0.4, 0.5) is 4.79 Å². The molecule has 0 spiro atoms. The van der Waals surface area contributed by atoms with E-state index in [-0.39, 0.29) is 35.5 Å². The van der Waals surface area contributed by atoms with Crippen LogP contribution >= 0.6 is 0 Å². The number of ether oxygens (including phenoxy) is 2. The third-order valence-electron chi connectivity index (χ3n) is 7.71. The Balaban J connectivity index is 1.41. The molecular weight excluding hydrogens is 520 g/mol. The molecule has 5 rings (SSSR count). The zero-order chi connectivity index (χ0) is 29.0. The summed E-state index contributed by atoms with van der Waals surface area (Å²) in [6.07, 6.45) is 3.12. The normalized spacial score (nSPS) is 19.7. The topological polar surface area (TPSA) is 96.9 Å². The molecule has 2 fully saturated rings. The van der Waals surface area contributed by atoms with E-state index >= 15 is 0 Å². The largest absolute Gasteiger partial charge is 0.444 e. The van der Waals surface area contributed by atoms with Crippen LogP contribution in [-0.2, 0) is 16.1 Å². The number of imidazole rings is 1. The molecule has 0 radical (unpaired) electrons. The Hall–Kier alpha value is -3.85. The van der Waals surface area contributed by atoms with Crippen molar-refractivity contribution in [2.75, 3.05) is 26.2 Å². The predicted octanol–water partition coefficient (Wildman–Crippen LogP) is 5.24. The first kappa shape index (κ1) is 28.7.